The molecular weight excluding hydrogens is 1890 g/mol. The Morgan fingerprint density at radius 3 is 0.741 bits per heavy atom. The smallest absolute Gasteiger partial charge is 0.614 e. The molecule has 0 unspecified atom stereocenters. The molecule has 0 atom stereocenters. The highest BCUT2D eigenvalue weighted by molar-refractivity contribution is 6.23. The van der Waals surface area contributed by atoms with Gasteiger partial charge >= 0.3 is 79.4 Å². The molecule has 0 spiro atoms. The first-order chi connectivity index (χ1) is 72.0. The number of aromatic nitrogens is 5. The largest absolute Gasteiger partial charge is 0.832 e. The summed E-state index contributed by atoms with van der Waals surface area (Å²) >= 11 is -6.12. The van der Waals surface area contributed by atoms with Gasteiger partial charge < -0.3 is 37.9 Å². The van der Waals surface area contributed by atoms with Crippen LogP contribution in [0.3, 0.4) is 0 Å². The number of hydrogen-bond donors (Lipinski definition) is 0. The van der Waals surface area contributed by atoms with E-state index in [4.69, 9.17) is 37.9 Å². The number of pyridine rings is 5. The number of para-hydroxylation sites is 6. The van der Waals surface area contributed by atoms with Crippen LogP contribution in [0.1, 0.15) is 28.5 Å². The van der Waals surface area contributed by atoms with Crippen molar-refractivity contribution in [3.8, 4) is 113 Å². The van der Waals surface area contributed by atoms with Crippen LogP contribution < -0.4 is 60.7 Å². The molecule has 20 heteroatoms. The molecular formula is C127H111Al5N5O10+5. The van der Waals surface area contributed by atoms with Crippen LogP contribution in [0.25, 0.3) is 142 Å². The van der Waals surface area contributed by atoms with E-state index in [2.05, 4.69) is 378 Å². The average molecular weight is 2000 g/mol. The number of hydrogen-bond acceptors (Lipinski definition) is 10. The topological polar surface area (TPSA) is 112 Å². The fourth-order valence-corrected chi connectivity index (χ4v) is 22.0. The predicted molar refractivity (Wildman–Crippen MR) is 603 cm³/mol. The summed E-state index contributed by atoms with van der Waals surface area (Å²) in [7, 11) is 10.3. The summed E-state index contributed by atoms with van der Waals surface area (Å²) in [4.78, 5) is 0. The lowest BCUT2D eigenvalue weighted by Crippen LogP contribution is -2.33. The average Bonchev–Trinajstić information content (AvgIpc) is 0.807. The second-order valence-corrected chi connectivity index (χ2v) is 40.3. The maximum Gasteiger partial charge on any atom is 0.832 e. The van der Waals surface area contributed by atoms with E-state index < -0.39 is 79.4 Å². The van der Waals surface area contributed by atoms with Crippen molar-refractivity contribution in [2.24, 2.45) is 35.2 Å². The van der Waals surface area contributed by atoms with E-state index in [0.29, 0.717) is 0 Å². The standard InChI is InChI=1S/C20H14O.C16H12O.3C12H10O.5C11H11NO.5Al.5H/c21-20-10-9-18-12-17(7-8-19(18)13-20)16-6-5-14-3-1-2-4-15(14)11-16;17-16-9-8-14-10-13(6-7-15(14)11-16)12-4-2-1-3-5-12;13-12-9-5-4-8-11(12)10-6-2-1-3-7-10;13-12-8-4-7-11(9-12)10-5-2-1-3-6-10;13-12-8-6-11(7-9-12)10-4-2-1-3-5-10;5*1-8-6-7-9-4-3-5-10(13)11(9)12(8)2;;;;;;;;;;/h1-13,21H;1-11,17H;3*1-9,13H;5*3-7H,1-2H3;;;;;;;;;;/q;;;;;;;;;;5*+2;;;;;/p-5. The van der Waals surface area contributed by atoms with Gasteiger partial charge in [-0.25, -0.2) is 0 Å². The third-order valence-corrected chi connectivity index (χ3v) is 31.2. The van der Waals surface area contributed by atoms with Crippen molar-refractivity contribution >= 4 is 166 Å². The van der Waals surface area contributed by atoms with Gasteiger partial charge in [0.05, 0.1) is 55.7 Å². The van der Waals surface area contributed by atoms with Gasteiger partial charge in [-0.05, 0) is 246 Å². The highest BCUT2D eigenvalue weighted by Crippen LogP contribution is 2.37. The molecule has 15 nitrogen and oxygen atoms in total. The van der Waals surface area contributed by atoms with Crippen LogP contribution in [-0.4, -0.2) is 79.4 Å². The van der Waals surface area contributed by atoms with Gasteiger partial charge in [0, 0.05) is 70.5 Å². The van der Waals surface area contributed by atoms with Crippen molar-refractivity contribution in [3.05, 3.63) is 490 Å². The Morgan fingerprint density at radius 2 is 0.361 bits per heavy atom. The maximum absolute atomic E-state index is 6.18. The van der Waals surface area contributed by atoms with Crippen LogP contribution in [-0.2, 0) is 35.2 Å². The van der Waals surface area contributed by atoms with E-state index >= 15 is 0 Å². The second-order valence-electron chi connectivity index (χ2n) is 36.2. The summed E-state index contributed by atoms with van der Waals surface area (Å²) in [5, 5.41) is 13.1. The molecule has 0 amide bonds. The third-order valence-electron chi connectivity index (χ3n) is 26.9. The minimum Gasteiger partial charge on any atom is -0.614 e. The normalized spacial score (nSPS) is 10.8. The molecule has 0 N–H and O–H groups in total. The van der Waals surface area contributed by atoms with Crippen molar-refractivity contribution < 1.29 is 60.7 Å². The molecule has 5 aromatic heterocycles. The van der Waals surface area contributed by atoms with Gasteiger partial charge in [0.2, 0.25) is 0 Å². The van der Waals surface area contributed by atoms with Gasteiger partial charge in [-0.2, -0.15) is 22.8 Å². The zero-order chi connectivity index (χ0) is 101. The van der Waals surface area contributed by atoms with Crippen LogP contribution in [0.4, 0.5) is 0 Å². The molecule has 0 bridgehead atoms. The monoisotopic (exact) mass is 2000 g/mol. The van der Waals surface area contributed by atoms with Crippen molar-refractivity contribution in [1.29, 1.82) is 0 Å². The summed E-state index contributed by atoms with van der Waals surface area (Å²) in [6, 6.07) is 159. The Bertz CT molecular complexity index is 8620. The molecule has 18 aromatic carbocycles. The number of benzene rings is 18. The third kappa shape index (κ3) is 24.5. The molecule has 0 saturated heterocycles. The fraction of sp³-hybridized carbons (Fsp3) is 0.0787. The molecule has 0 saturated carbocycles. The Kier molecular flexibility index (Phi) is 32.7. The van der Waals surface area contributed by atoms with Crippen molar-refractivity contribution in [2.45, 2.75) is 34.6 Å². The highest BCUT2D eigenvalue weighted by Gasteiger charge is 2.24. The molecule has 5 heterocycles. The molecule has 147 heavy (non-hydrogen) atoms. The maximum atomic E-state index is 6.18. The summed E-state index contributed by atoms with van der Waals surface area (Å²) in [6.07, 6.45) is 0. The Balaban J connectivity index is 0.000000116. The number of fused-ring (bicyclic) bond motifs is 8. The van der Waals surface area contributed by atoms with Gasteiger partial charge in [-0.3, -0.25) is 0 Å². The Hall–Kier alpha value is -15.5. The Labute approximate surface area is 891 Å². The SMILES string of the molecule is Cc1ccc2cccc([O][AlH][O]c3ccc(-c4ccccc4)cc3)c2[n+]1C.Cc1ccc2cccc([O][AlH][O]c3ccc4cc(-c5ccc6ccccc6c5)ccc4c3)c2[n+]1C.Cc1ccc2cccc([O][AlH][O]c3ccc4cc(-c5ccccc5)ccc4c3)c2[n+]1C.Cc1ccc2cccc([O][AlH][O]c3cccc(-c4ccccc4)c3)c2[n+]1C.Cc1ccc2cccc([O][AlH][O]c3ccccc3-c3ccccc3)c2[n+]1C. The van der Waals surface area contributed by atoms with E-state index in [1.54, 1.807) is 0 Å². The molecule has 0 aliphatic heterocycles. The molecule has 714 valence electrons. The van der Waals surface area contributed by atoms with Crippen molar-refractivity contribution in [2.75, 3.05) is 0 Å². The van der Waals surface area contributed by atoms with Crippen LogP contribution in [0.5, 0.6) is 57.5 Å². The van der Waals surface area contributed by atoms with Crippen LogP contribution in [0, 0.1) is 34.6 Å². The lowest BCUT2D eigenvalue weighted by atomic mass is 9.98. The highest BCUT2D eigenvalue weighted by atomic mass is 27.2. The van der Waals surface area contributed by atoms with Crippen molar-refractivity contribution in [3.63, 3.8) is 0 Å². The molecule has 0 radical (unpaired) electrons. The number of rotatable bonds is 25. The van der Waals surface area contributed by atoms with E-state index in [1.807, 2.05) is 176 Å². The van der Waals surface area contributed by atoms with Gasteiger partial charge in [0.1, 0.15) is 35.2 Å². The zero-order valence-corrected chi connectivity index (χ0v) is 91.3. The van der Waals surface area contributed by atoms with Crippen LogP contribution in [0.15, 0.2) is 461 Å². The first kappa shape index (κ1) is 100. The van der Waals surface area contributed by atoms with E-state index in [0.717, 1.165) is 113 Å². The minimum absolute atomic E-state index is 0.849. The quantitative estimate of drug-likeness (QED) is 0.0405. The zero-order valence-electron chi connectivity index (χ0n) is 84.2. The predicted octanol–water partition coefficient (Wildman–Crippen LogP) is 25.3. The van der Waals surface area contributed by atoms with Gasteiger partial charge in [0.15, 0.2) is 57.2 Å². The summed E-state index contributed by atoms with van der Waals surface area (Å²) < 4.78 is 71.7. The molecule has 23 aromatic rings. The first-order valence-corrected chi connectivity index (χ1v) is 55.1. The molecule has 0 aliphatic rings. The summed E-state index contributed by atoms with van der Waals surface area (Å²) in [5.41, 5.74) is 23.3. The lowest BCUT2D eigenvalue weighted by molar-refractivity contribution is -0.651. The van der Waals surface area contributed by atoms with E-state index in [1.165, 1.54) is 116 Å². The van der Waals surface area contributed by atoms with Crippen molar-refractivity contribution in [1.82, 2.24) is 0 Å². The van der Waals surface area contributed by atoms with Gasteiger partial charge in [-0.15, -0.1) is 0 Å². The summed E-state index contributed by atoms with van der Waals surface area (Å²) in [6.45, 7) is 10.5. The first-order valence-electron chi connectivity index (χ1n) is 49.3. The van der Waals surface area contributed by atoms with Gasteiger partial charge in [0.25, 0.3) is 27.6 Å². The summed E-state index contributed by atoms with van der Waals surface area (Å²) in [5.74, 6) is 8.67. The molecule has 0 aliphatic carbocycles. The van der Waals surface area contributed by atoms with E-state index in [-0.39, 0.29) is 0 Å². The minimum atomic E-state index is -1.25. The van der Waals surface area contributed by atoms with Crippen LogP contribution >= 0.6 is 0 Å². The fourth-order valence-electron chi connectivity index (χ4n) is 18.2. The lowest BCUT2D eigenvalue weighted by Gasteiger charge is -2.13. The molecule has 23 rings (SSSR count). The number of aryl methyl sites for hydroxylation is 10. The number of nitrogens with zero attached hydrogens (tertiary/aromatic N) is 5. The van der Waals surface area contributed by atoms with Gasteiger partial charge in [-0.1, -0.05) is 267 Å². The van der Waals surface area contributed by atoms with E-state index in [9.17, 15) is 0 Å². The molecule has 0 fully saturated rings. The van der Waals surface area contributed by atoms with Crippen LogP contribution in [0.2, 0.25) is 0 Å². The Morgan fingerprint density at radius 1 is 0.143 bits per heavy atom. The second kappa shape index (κ2) is 48.0.